The van der Waals surface area contributed by atoms with Gasteiger partial charge in [-0.25, -0.2) is 59.2 Å². The van der Waals surface area contributed by atoms with Crippen molar-refractivity contribution in [2.24, 2.45) is 0 Å². The van der Waals surface area contributed by atoms with Crippen molar-refractivity contribution in [1.82, 2.24) is 89.7 Å². The predicted octanol–water partition coefficient (Wildman–Crippen LogP) is 17.8. The Kier molecular flexibility index (Phi) is 31.1. The van der Waals surface area contributed by atoms with Crippen LogP contribution in [0.5, 0.6) is 57.5 Å². The van der Waals surface area contributed by atoms with Crippen LogP contribution >= 0.6 is 0 Å². The quantitative estimate of drug-likeness (QED) is 0.0480. The summed E-state index contributed by atoms with van der Waals surface area (Å²) in [6.07, 6.45) is 20.1. The van der Waals surface area contributed by atoms with Gasteiger partial charge in [0.15, 0.2) is 46.2 Å². The number of rotatable bonds is 25. The number of carbonyl (C=O) groups is 5. The van der Waals surface area contributed by atoms with Crippen LogP contribution < -0.4 is 23.7 Å². The fourth-order valence-corrected chi connectivity index (χ4v) is 11.5. The highest BCUT2D eigenvalue weighted by Gasteiger charge is 2.20. The summed E-state index contributed by atoms with van der Waals surface area (Å²) >= 11 is 0. The van der Waals surface area contributed by atoms with Gasteiger partial charge in [0.25, 0.3) is 0 Å². The lowest BCUT2D eigenvalue weighted by Gasteiger charge is -2.08. The lowest BCUT2D eigenvalue weighted by atomic mass is 10.1. The van der Waals surface area contributed by atoms with Crippen molar-refractivity contribution in [3.63, 3.8) is 0 Å². The second-order valence-corrected chi connectivity index (χ2v) is 28.5. The van der Waals surface area contributed by atoms with Crippen molar-refractivity contribution in [1.29, 1.82) is 0 Å². The SMILES string of the molecule is Cc1cc(Oc2cccnc2)cc(C(=O)Cc2cc(F)ccn2)n1.Cc1ccc(CC(=O)c2cc(Oc3ccc(C)nc3)cc(C)n2)nc1.Cc1ccc(CC(=O)c2cc(Oc3cnc(C)nc3)cc(C)n2)nc1.Cc1cccc(CC(=O)c2cc(Oc3cnc(C)nc3)cc(C)n2)n1.Cc1cccc(CC(=O)c2cc(Oc3cnc(C)nc3)cc(C)n2)n1. The molecule has 0 aliphatic heterocycles. The molecule has 29 heteroatoms. The monoisotopic (exact) mass is 1660 g/mol. The van der Waals surface area contributed by atoms with E-state index in [1.165, 1.54) is 18.3 Å². The summed E-state index contributed by atoms with van der Waals surface area (Å²) in [6.45, 7) is 24.1. The van der Waals surface area contributed by atoms with Crippen LogP contribution in [0.25, 0.3) is 0 Å². The zero-order chi connectivity index (χ0) is 88.2. The van der Waals surface area contributed by atoms with Crippen LogP contribution in [0.2, 0.25) is 0 Å². The molecular weight excluding hydrogens is 1570 g/mol. The van der Waals surface area contributed by atoms with Gasteiger partial charge in [0.1, 0.15) is 92.0 Å². The molecule has 624 valence electrons. The molecule has 0 radical (unpaired) electrons. The number of halogens is 1. The fourth-order valence-electron chi connectivity index (χ4n) is 11.5. The summed E-state index contributed by atoms with van der Waals surface area (Å²) in [5.74, 6) is 6.27. The Labute approximate surface area is 715 Å². The van der Waals surface area contributed by atoms with Gasteiger partial charge in [0, 0.05) is 154 Å². The Morgan fingerprint density at radius 2 is 0.573 bits per heavy atom. The standard InChI is InChI=1S/C20H19N3O2.3C19H18N4O2.C18H14FN3O2/c1-13-4-6-16(22-11-13)9-20(24)19-10-18(8-15(3)23-19)25-17-7-5-14(2)21-12-17;1-12-4-5-15(22-9-12)7-19(24)18-8-16(6-13(2)23-18)25-17-10-20-14(3)21-11-17;2*1-12-5-4-6-15(22-12)8-19(24)18-9-16(7-13(2)23-18)25-17-10-20-14(3)21-11-17;1-12-7-16(24-15-3-2-5-20-11-15)10-17(22-12)18(23)9-14-8-13(19)4-6-21-14/h4-8,10-12H,9H2,1-3H3;4-6,8-11H,7H2,1-3H3;2*4-7,9-11H,8H2,1-3H3;2-8,10-11H,9H2,1H3. The average Bonchev–Trinajstić information content (AvgIpc) is 0.854. The molecule has 0 atom stereocenters. The summed E-state index contributed by atoms with van der Waals surface area (Å²) in [7, 11) is 0. The third-order valence-electron chi connectivity index (χ3n) is 17.4. The molecule has 0 N–H and O–H groups in total. The molecule has 0 unspecified atom stereocenters. The van der Waals surface area contributed by atoms with Gasteiger partial charge in [0.2, 0.25) is 0 Å². The second kappa shape index (κ2) is 43.3. The Balaban J connectivity index is 0.000000151. The highest BCUT2D eigenvalue weighted by Crippen LogP contribution is 2.29. The molecule has 0 aromatic carbocycles. The number of ether oxygens (including phenoxy) is 5. The van der Waals surface area contributed by atoms with Crippen molar-refractivity contribution >= 4 is 28.9 Å². The van der Waals surface area contributed by atoms with E-state index in [1.54, 1.807) is 169 Å². The zero-order valence-electron chi connectivity index (χ0n) is 70.5. The number of hydrogen-bond donors (Lipinski definition) is 0. The molecule has 0 amide bonds. The van der Waals surface area contributed by atoms with E-state index in [4.69, 9.17) is 23.7 Å². The van der Waals surface area contributed by atoms with Gasteiger partial charge in [-0.3, -0.25) is 58.9 Å². The zero-order valence-corrected chi connectivity index (χ0v) is 70.5. The molecule has 0 saturated carbocycles. The van der Waals surface area contributed by atoms with Gasteiger partial charge in [-0.05, 0) is 174 Å². The summed E-state index contributed by atoms with van der Waals surface area (Å²) in [5.41, 5.74) is 13.2. The minimum atomic E-state index is -0.425. The first-order valence-electron chi connectivity index (χ1n) is 39.0. The van der Waals surface area contributed by atoms with Crippen molar-refractivity contribution in [3.8, 4) is 57.5 Å². The fraction of sp³-hybridized carbons (Fsp3) is 0.189. The maximum atomic E-state index is 13.2. The molecule has 0 spiro atoms. The molecule has 28 nitrogen and oxygen atoms in total. The Hall–Kier alpha value is -15.7. The number of aromatic nitrogens is 18. The predicted molar refractivity (Wildman–Crippen MR) is 459 cm³/mol. The molecule has 124 heavy (non-hydrogen) atoms. The first-order valence-corrected chi connectivity index (χ1v) is 39.0. The van der Waals surface area contributed by atoms with Crippen LogP contribution in [0.1, 0.15) is 155 Å². The number of carbonyl (C=O) groups excluding carboxylic acids is 5. The lowest BCUT2D eigenvalue weighted by molar-refractivity contribution is 0.0978. The van der Waals surface area contributed by atoms with E-state index >= 15 is 0 Å². The number of ketones is 5. The van der Waals surface area contributed by atoms with Gasteiger partial charge in [-0.2, -0.15) is 0 Å². The van der Waals surface area contributed by atoms with Gasteiger partial charge in [-0.1, -0.05) is 24.3 Å². The molecule has 0 saturated heterocycles. The van der Waals surface area contributed by atoms with Crippen LogP contribution in [0.15, 0.2) is 232 Å². The van der Waals surface area contributed by atoms with Crippen LogP contribution in [-0.2, 0) is 32.1 Å². The number of aryl methyl sites for hydroxylation is 13. The third-order valence-corrected chi connectivity index (χ3v) is 17.4. The first-order chi connectivity index (χ1) is 59.6. The van der Waals surface area contributed by atoms with Gasteiger partial charge < -0.3 is 23.7 Å². The molecule has 15 heterocycles. The number of hydrogen-bond acceptors (Lipinski definition) is 28. The van der Waals surface area contributed by atoms with E-state index < -0.39 is 5.82 Å². The second-order valence-electron chi connectivity index (χ2n) is 28.5. The Morgan fingerprint density at radius 3 is 0.879 bits per heavy atom. The normalized spacial score (nSPS) is 10.5. The van der Waals surface area contributed by atoms with E-state index in [1.807, 2.05) is 135 Å². The summed E-state index contributed by atoms with van der Waals surface area (Å²) in [6, 6.07) is 45.5. The van der Waals surface area contributed by atoms with E-state index in [2.05, 4.69) is 89.7 Å². The molecule has 0 bridgehead atoms. The van der Waals surface area contributed by atoms with Crippen molar-refractivity contribution in [2.45, 2.75) is 122 Å². The molecule has 15 rings (SSSR count). The van der Waals surface area contributed by atoms with Crippen LogP contribution in [0.3, 0.4) is 0 Å². The van der Waals surface area contributed by atoms with E-state index in [9.17, 15) is 28.4 Å². The van der Waals surface area contributed by atoms with Crippen LogP contribution in [-0.4, -0.2) is 119 Å². The minimum absolute atomic E-state index is 0.0272. The molecule has 15 aromatic heterocycles. The Morgan fingerprint density at radius 1 is 0.242 bits per heavy atom. The van der Waals surface area contributed by atoms with E-state index in [0.717, 1.165) is 51.0 Å². The maximum absolute atomic E-state index is 13.2. The first kappa shape index (κ1) is 89.1. The van der Waals surface area contributed by atoms with E-state index in [0.29, 0.717) is 132 Å². The molecular formula is C95H87FN18O10. The molecule has 0 fully saturated rings. The van der Waals surface area contributed by atoms with E-state index in [-0.39, 0.29) is 66.7 Å². The third kappa shape index (κ3) is 28.8. The largest absolute Gasteiger partial charge is 0.456 e. The highest BCUT2D eigenvalue weighted by molar-refractivity contribution is 5.98. The van der Waals surface area contributed by atoms with Crippen LogP contribution in [0.4, 0.5) is 4.39 Å². The summed E-state index contributed by atoms with van der Waals surface area (Å²) in [5, 5.41) is 0. The number of nitrogens with zero attached hydrogens (tertiary/aromatic N) is 18. The van der Waals surface area contributed by atoms with Crippen molar-refractivity contribution < 1.29 is 52.0 Å². The highest BCUT2D eigenvalue weighted by atomic mass is 19.1. The maximum Gasteiger partial charge on any atom is 0.187 e. The van der Waals surface area contributed by atoms with Crippen LogP contribution in [0, 0.1) is 95.8 Å². The van der Waals surface area contributed by atoms with Crippen molar-refractivity contribution in [3.05, 3.63) is 369 Å². The Bertz CT molecular complexity index is 5920. The average molecular weight is 1660 g/mol. The smallest absolute Gasteiger partial charge is 0.187 e. The summed E-state index contributed by atoms with van der Waals surface area (Å²) in [4.78, 5) is 138. The summed E-state index contributed by atoms with van der Waals surface area (Å²) < 4.78 is 41.9. The van der Waals surface area contributed by atoms with Gasteiger partial charge in [-0.15, -0.1) is 0 Å². The molecule has 15 aromatic rings. The minimum Gasteiger partial charge on any atom is -0.456 e. The topological polar surface area (TPSA) is 364 Å². The van der Waals surface area contributed by atoms with Crippen molar-refractivity contribution in [2.75, 3.05) is 0 Å². The molecule has 0 aliphatic carbocycles. The van der Waals surface area contributed by atoms with Gasteiger partial charge in [0.05, 0.1) is 87.4 Å². The molecule has 0 aliphatic rings. The number of Topliss-reactive ketones (excluding diaryl/α,β-unsaturated/α-hetero) is 5. The lowest BCUT2D eigenvalue weighted by Crippen LogP contribution is -2.08. The van der Waals surface area contributed by atoms with Gasteiger partial charge >= 0.3 is 0 Å². The number of pyridine rings is 12.